The molecule has 0 atom stereocenters. The van der Waals surface area contributed by atoms with Gasteiger partial charge < -0.3 is 5.73 Å². The van der Waals surface area contributed by atoms with E-state index < -0.39 is 10.2 Å². The Hall–Kier alpha value is -0.170. The molecule has 1 saturated carbocycles. The van der Waals surface area contributed by atoms with Crippen LogP contribution in [0.25, 0.3) is 0 Å². The Morgan fingerprint density at radius 1 is 1.11 bits per heavy atom. The van der Waals surface area contributed by atoms with Crippen molar-refractivity contribution in [1.29, 1.82) is 0 Å². The highest BCUT2D eigenvalue weighted by Gasteiger charge is 2.29. The van der Waals surface area contributed by atoms with Gasteiger partial charge in [-0.2, -0.15) is 12.7 Å². The van der Waals surface area contributed by atoms with Gasteiger partial charge in [-0.05, 0) is 12.8 Å². The maximum absolute atomic E-state index is 12.0. The molecule has 0 heterocycles. The Morgan fingerprint density at radius 3 is 2.06 bits per heavy atom. The lowest BCUT2D eigenvalue weighted by atomic mass is 9.92. The molecule has 0 aromatic rings. The number of rotatable bonds is 6. The molecule has 18 heavy (non-hydrogen) atoms. The van der Waals surface area contributed by atoms with Gasteiger partial charge in [0.15, 0.2) is 0 Å². The van der Waals surface area contributed by atoms with Gasteiger partial charge in [0.05, 0.1) is 0 Å². The number of nitrogens with two attached hydrogens (primary N) is 1. The van der Waals surface area contributed by atoms with E-state index in [9.17, 15) is 8.42 Å². The van der Waals surface area contributed by atoms with Crippen molar-refractivity contribution in [2.45, 2.75) is 57.9 Å². The van der Waals surface area contributed by atoms with Crippen LogP contribution in [0.15, 0.2) is 0 Å². The van der Waals surface area contributed by atoms with Crippen LogP contribution in [-0.2, 0) is 10.2 Å². The molecule has 0 saturated heterocycles. The largest absolute Gasteiger partial charge is 0.324 e. The first-order chi connectivity index (χ1) is 8.43. The number of nitrogens with zero attached hydrogens (tertiary/aromatic N) is 1. The molecule has 5 nitrogen and oxygen atoms in total. The molecule has 0 bridgehead atoms. The van der Waals surface area contributed by atoms with Crippen LogP contribution in [-0.4, -0.2) is 37.9 Å². The molecule has 0 spiro atoms. The van der Waals surface area contributed by atoms with Crippen molar-refractivity contribution in [2.24, 2.45) is 5.73 Å². The summed E-state index contributed by atoms with van der Waals surface area (Å²) in [6.07, 6.45) is 6.44. The van der Waals surface area contributed by atoms with E-state index in [1.807, 2.05) is 13.8 Å². The maximum Gasteiger partial charge on any atom is 0.279 e. The SMILES string of the molecule is CCN(CC)S(=O)(=O)NCC1(N)CCCCCC1. The molecule has 0 aromatic carbocycles. The minimum atomic E-state index is -3.37. The van der Waals surface area contributed by atoms with Gasteiger partial charge in [0.1, 0.15) is 0 Å². The molecule has 6 heteroatoms. The second kappa shape index (κ2) is 6.84. The van der Waals surface area contributed by atoms with Crippen molar-refractivity contribution < 1.29 is 8.42 Å². The standard InChI is InChI=1S/C12H27N3O2S/c1-3-15(4-2)18(16,17)14-11-12(13)9-7-5-6-8-10-12/h14H,3-11,13H2,1-2H3. The third-order valence-electron chi connectivity index (χ3n) is 3.75. The van der Waals surface area contributed by atoms with Crippen LogP contribution >= 0.6 is 0 Å². The molecule has 0 aromatic heterocycles. The van der Waals surface area contributed by atoms with Crippen LogP contribution in [0.2, 0.25) is 0 Å². The lowest BCUT2D eigenvalue weighted by molar-refractivity contribution is 0.359. The number of hydrogen-bond acceptors (Lipinski definition) is 3. The molecule has 108 valence electrons. The van der Waals surface area contributed by atoms with Crippen LogP contribution in [0, 0.1) is 0 Å². The highest BCUT2D eigenvalue weighted by molar-refractivity contribution is 7.87. The third-order valence-corrected chi connectivity index (χ3v) is 5.46. The van der Waals surface area contributed by atoms with E-state index >= 15 is 0 Å². The van der Waals surface area contributed by atoms with Gasteiger partial charge in [-0.15, -0.1) is 0 Å². The zero-order valence-electron chi connectivity index (χ0n) is 11.6. The number of nitrogens with one attached hydrogen (secondary N) is 1. The summed E-state index contributed by atoms with van der Waals surface area (Å²) >= 11 is 0. The Bertz CT molecular complexity index is 331. The molecule has 1 aliphatic rings. The molecule has 1 aliphatic carbocycles. The second-order valence-electron chi connectivity index (χ2n) is 5.19. The smallest absolute Gasteiger partial charge is 0.279 e. The molecule has 3 N–H and O–H groups in total. The normalized spacial score (nSPS) is 20.9. The zero-order chi connectivity index (χ0) is 13.6. The first-order valence-electron chi connectivity index (χ1n) is 6.97. The average Bonchev–Trinajstić information content (AvgIpc) is 2.54. The molecule has 0 amide bonds. The summed E-state index contributed by atoms with van der Waals surface area (Å²) in [5.74, 6) is 0. The van der Waals surface area contributed by atoms with E-state index in [2.05, 4.69) is 4.72 Å². The molecular formula is C12H27N3O2S. The Labute approximate surface area is 111 Å². The Balaban J connectivity index is 2.57. The van der Waals surface area contributed by atoms with Gasteiger partial charge in [-0.3, -0.25) is 0 Å². The minimum Gasteiger partial charge on any atom is -0.324 e. The molecule has 1 fully saturated rings. The summed E-state index contributed by atoms with van der Waals surface area (Å²) < 4.78 is 28.1. The Morgan fingerprint density at radius 2 is 1.61 bits per heavy atom. The maximum atomic E-state index is 12.0. The molecular weight excluding hydrogens is 250 g/mol. The summed E-state index contributed by atoms with van der Waals surface area (Å²) in [6.45, 7) is 5.01. The van der Waals surface area contributed by atoms with Gasteiger partial charge >= 0.3 is 0 Å². The van der Waals surface area contributed by atoms with Gasteiger partial charge in [0.25, 0.3) is 10.2 Å². The van der Waals surface area contributed by atoms with Crippen molar-refractivity contribution in [3.8, 4) is 0 Å². The first kappa shape index (κ1) is 15.9. The molecule has 1 rings (SSSR count). The van der Waals surface area contributed by atoms with E-state index in [1.54, 1.807) is 0 Å². The topological polar surface area (TPSA) is 75.4 Å². The van der Waals surface area contributed by atoms with Crippen molar-refractivity contribution in [1.82, 2.24) is 9.03 Å². The average molecular weight is 277 g/mol. The van der Waals surface area contributed by atoms with Crippen molar-refractivity contribution in [3.05, 3.63) is 0 Å². The number of hydrogen-bond donors (Lipinski definition) is 2. The minimum absolute atomic E-state index is 0.353. The van der Waals surface area contributed by atoms with E-state index in [0.717, 1.165) is 25.7 Å². The quantitative estimate of drug-likeness (QED) is 0.717. The van der Waals surface area contributed by atoms with Crippen molar-refractivity contribution in [2.75, 3.05) is 19.6 Å². The highest BCUT2D eigenvalue weighted by atomic mass is 32.2. The summed E-state index contributed by atoms with van der Waals surface area (Å²) in [4.78, 5) is 0. The lowest BCUT2D eigenvalue weighted by Gasteiger charge is -2.29. The molecule has 0 aliphatic heterocycles. The second-order valence-corrected chi connectivity index (χ2v) is 6.94. The van der Waals surface area contributed by atoms with Gasteiger partial charge in [0.2, 0.25) is 0 Å². The third kappa shape index (κ3) is 4.50. The van der Waals surface area contributed by atoms with E-state index in [-0.39, 0.29) is 5.54 Å². The van der Waals surface area contributed by atoms with Crippen LogP contribution in [0.5, 0.6) is 0 Å². The monoisotopic (exact) mass is 277 g/mol. The van der Waals surface area contributed by atoms with Gasteiger partial charge in [-0.1, -0.05) is 39.5 Å². The fraction of sp³-hybridized carbons (Fsp3) is 1.00. The van der Waals surface area contributed by atoms with Gasteiger partial charge in [0, 0.05) is 25.2 Å². The predicted molar refractivity (Wildman–Crippen MR) is 74.5 cm³/mol. The summed E-state index contributed by atoms with van der Waals surface area (Å²) in [5.41, 5.74) is 5.94. The van der Waals surface area contributed by atoms with Crippen molar-refractivity contribution in [3.63, 3.8) is 0 Å². The van der Waals surface area contributed by atoms with Crippen LogP contribution in [0.1, 0.15) is 52.4 Å². The Kier molecular flexibility index (Phi) is 6.04. The van der Waals surface area contributed by atoms with Gasteiger partial charge in [-0.25, -0.2) is 4.72 Å². The van der Waals surface area contributed by atoms with Crippen LogP contribution < -0.4 is 10.5 Å². The lowest BCUT2D eigenvalue weighted by Crippen LogP contribution is -2.52. The first-order valence-corrected chi connectivity index (χ1v) is 8.41. The summed E-state index contributed by atoms with van der Waals surface area (Å²) in [7, 11) is -3.37. The fourth-order valence-electron chi connectivity index (χ4n) is 2.50. The van der Waals surface area contributed by atoms with E-state index in [4.69, 9.17) is 5.73 Å². The summed E-state index contributed by atoms with van der Waals surface area (Å²) in [5, 5.41) is 0. The summed E-state index contributed by atoms with van der Waals surface area (Å²) in [6, 6.07) is 0. The van der Waals surface area contributed by atoms with E-state index in [0.29, 0.717) is 19.6 Å². The highest BCUT2D eigenvalue weighted by Crippen LogP contribution is 2.24. The fourth-order valence-corrected chi connectivity index (χ4v) is 3.83. The molecule has 0 radical (unpaired) electrons. The van der Waals surface area contributed by atoms with E-state index in [1.165, 1.54) is 17.1 Å². The zero-order valence-corrected chi connectivity index (χ0v) is 12.4. The molecule has 0 unspecified atom stereocenters. The van der Waals surface area contributed by atoms with Crippen LogP contribution in [0.4, 0.5) is 0 Å². The van der Waals surface area contributed by atoms with Crippen LogP contribution in [0.3, 0.4) is 0 Å². The van der Waals surface area contributed by atoms with Crippen molar-refractivity contribution >= 4 is 10.2 Å². The predicted octanol–water partition coefficient (Wildman–Crippen LogP) is 1.21.